The van der Waals surface area contributed by atoms with Crippen molar-refractivity contribution in [2.45, 2.75) is 0 Å². The molecular formula is C18H13FN4O3. The molecule has 1 heterocycles. The van der Waals surface area contributed by atoms with Crippen LogP contribution in [-0.2, 0) is 4.79 Å². The number of hydrogen-bond donors (Lipinski definition) is 1. The van der Waals surface area contributed by atoms with Gasteiger partial charge in [0.2, 0.25) is 11.7 Å². The first-order chi connectivity index (χ1) is 12.5. The van der Waals surface area contributed by atoms with E-state index >= 15 is 0 Å². The molecule has 130 valence electrons. The summed E-state index contributed by atoms with van der Waals surface area (Å²) in [7, 11) is 0. The molecule has 0 unspecified atom stereocenters. The zero-order chi connectivity index (χ0) is 18.5. The molecule has 1 aromatic heterocycles. The molecule has 0 aliphatic rings. The molecule has 0 atom stereocenters. The Balaban J connectivity index is 1.68. The monoisotopic (exact) mass is 352 g/mol. The number of carbonyl (C=O) groups excluding carboxylic acids is 1. The number of nitro groups is 1. The van der Waals surface area contributed by atoms with Crippen molar-refractivity contribution in [3.8, 4) is 5.69 Å². The molecule has 0 radical (unpaired) electrons. The third-order valence-electron chi connectivity index (χ3n) is 3.46. The number of anilines is 1. The van der Waals surface area contributed by atoms with Crippen LogP contribution in [0, 0.1) is 15.9 Å². The Kier molecular flexibility index (Phi) is 4.84. The van der Waals surface area contributed by atoms with Gasteiger partial charge in [-0.2, -0.15) is 9.49 Å². The Morgan fingerprint density at radius 1 is 1.23 bits per heavy atom. The molecule has 8 heteroatoms. The summed E-state index contributed by atoms with van der Waals surface area (Å²) in [5.74, 6) is -1.46. The van der Waals surface area contributed by atoms with Crippen molar-refractivity contribution in [1.82, 2.24) is 9.78 Å². The first-order valence-electron chi connectivity index (χ1n) is 7.56. The lowest BCUT2D eigenvalue weighted by molar-refractivity contribution is -0.387. The molecule has 1 N–H and O–H groups in total. The van der Waals surface area contributed by atoms with Gasteiger partial charge in [0, 0.05) is 29.6 Å². The van der Waals surface area contributed by atoms with Gasteiger partial charge in [0.25, 0.3) is 0 Å². The van der Waals surface area contributed by atoms with Crippen molar-refractivity contribution in [3.05, 3.63) is 88.5 Å². The number of para-hydroxylation sites is 1. The molecule has 0 saturated heterocycles. The predicted octanol–water partition coefficient (Wildman–Crippen LogP) is 3.57. The fourth-order valence-electron chi connectivity index (χ4n) is 2.23. The van der Waals surface area contributed by atoms with E-state index < -0.39 is 22.3 Å². The number of nitro benzene ring substituents is 1. The molecule has 0 aliphatic carbocycles. The molecule has 1 amide bonds. The Bertz CT molecular complexity index is 983. The predicted molar refractivity (Wildman–Crippen MR) is 94.3 cm³/mol. The summed E-state index contributed by atoms with van der Waals surface area (Å²) in [5.41, 5.74) is 1.02. The summed E-state index contributed by atoms with van der Waals surface area (Å²) in [4.78, 5) is 21.8. The average Bonchev–Trinajstić information content (AvgIpc) is 3.11. The smallest absolute Gasteiger partial charge is 0.306 e. The van der Waals surface area contributed by atoms with Gasteiger partial charge in [-0.1, -0.05) is 18.2 Å². The summed E-state index contributed by atoms with van der Waals surface area (Å²) >= 11 is 0. The second kappa shape index (κ2) is 7.39. The maximum atomic E-state index is 13.3. The van der Waals surface area contributed by atoms with E-state index in [-0.39, 0.29) is 5.69 Å². The quantitative estimate of drug-likeness (QED) is 0.432. The zero-order valence-corrected chi connectivity index (χ0v) is 13.4. The van der Waals surface area contributed by atoms with E-state index in [0.29, 0.717) is 5.56 Å². The lowest BCUT2D eigenvalue weighted by Gasteiger charge is -2.02. The molecule has 3 aromatic rings. The van der Waals surface area contributed by atoms with Crippen molar-refractivity contribution in [1.29, 1.82) is 0 Å². The second-order valence-electron chi connectivity index (χ2n) is 5.30. The van der Waals surface area contributed by atoms with Crippen molar-refractivity contribution < 1.29 is 14.1 Å². The minimum atomic E-state index is -0.961. The Labute approximate surface area is 147 Å². The first kappa shape index (κ1) is 17.0. The van der Waals surface area contributed by atoms with Gasteiger partial charge in [0.05, 0.1) is 16.8 Å². The van der Waals surface area contributed by atoms with Crippen LogP contribution in [0.3, 0.4) is 0 Å². The van der Waals surface area contributed by atoms with Crippen molar-refractivity contribution in [3.63, 3.8) is 0 Å². The van der Waals surface area contributed by atoms with Gasteiger partial charge in [0.15, 0.2) is 0 Å². The minimum Gasteiger partial charge on any atom is -0.322 e. The number of amides is 1. The van der Waals surface area contributed by atoms with E-state index in [4.69, 9.17) is 0 Å². The molecule has 0 saturated carbocycles. The van der Waals surface area contributed by atoms with Gasteiger partial charge in [0.1, 0.15) is 0 Å². The number of nitrogens with zero attached hydrogens (tertiary/aromatic N) is 3. The topological polar surface area (TPSA) is 90.1 Å². The summed E-state index contributed by atoms with van der Waals surface area (Å²) in [6.45, 7) is 0. The largest absolute Gasteiger partial charge is 0.322 e. The molecule has 26 heavy (non-hydrogen) atoms. The maximum Gasteiger partial charge on any atom is 0.306 e. The summed E-state index contributed by atoms with van der Waals surface area (Å²) in [5, 5.41) is 17.4. The number of halogens is 1. The van der Waals surface area contributed by atoms with E-state index in [1.165, 1.54) is 12.1 Å². The highest BCUT2D eigenvalue weighted by molar-refractivity contribution is 6.02. The van der Waals surface area contributed by atoms with E-state index in [2.05, 4.69) is 10.4 Å². The van der Waals surface area contributed by atoms with Crippen LogP contribution < -0.4 is 5.32 Å². The fourth-order valence-corrected chi connectivity index (χ4v) is 2.23. The molecule has 3 rings (SSSR count). The van der Waals surface area contributed by atoms with Crippen LogP contribution in [0.25, 0.3) is 11.8 Å². The Hall–Kier alpha value is -3.81. The van der Waals surface area contributed by atoms with Gasteiger partial charge in [-0.25, -0.2) is 4.68 Å². The van der Waals surface area contributed by atoms with Crippen LogP contribution >= 0.6 is 0 Å². The average molecular weight is 352 g/mol. The fraction of sp³-hybridized carbons (Fsp3) is 0. The number of nitrogens with one attached hydrogen (secondary N) is 1. The molecule has 2 aromatic carbocycles. The third-order valence-corrected chi connectivity index (χ3v) is 3.46. The van der Waals surface area contributed by atoms with Gasteiger partial charge in [-0.3, -0.25) is 14.9 Å². The summed E-state index contributed by atoms with van der Waals surface area (Å²) < 4.78 is 15.0. The van der Waals surface area contributed by atoms with E-state index in [0.717, 1.165) is 17.8 Å². The van der Waals surface area contributed by atoms with E-state index in [1.807, 2.05) is 30.3 Å². The lowest BCUT2D eigenvalue weighted by Crippen LogP contribution is -2.08. The molecule has 0 fully saturated rings. The highest BCUT2D eigenvalue weighted by Crippen LogP contribution is 2.21. The van der Waals surface area contributed by atoms with Crippen LogP contribution in [0.15, 0.2) is 67.0 Å². The van der Waals surface area contributed by atoms with Crippen LogP contribution in [0.5, 0.6) is 0 Å². The van der Waals surface area contributed by atoms with Crippen LogP contribution in [-0.4, -0.2) is 20.6 Å². The highest BCUT2D eigenvalue weighted by Gasteiger charge is 2.14. The number of rotatable bonds is 5. The molecule has 0 spiro atoms. The SMILES string of the molecule is O=C(/C=C/c1cnn(-c2ccccc2)c1)Nc1ccc(F)c([N+](=O)[O-])c1. The number of benzene rings is 2. The van der Waals surface area contributed by atoms with E-state index in [9.17, 15) is 19.3 Å². The molecule has 0 aliphatic heterocycles. The van der Waals surface area contributed by atoms with Crippen LogP contribution in [0.4, 0.5) is 15.8 Å². The van der Waals surface area contributed by atoms with Gasteiger partial charge in [-0.15, -0.1) is 0 Å². The zero-order valence-electron chi connectivity index (χ0n) is 13.4. The Morgan fingerprint density at radius 2 is 2.00 bits per heavy atom. The van der Waals surface area contributed by atoms with Crippen LogP contribution in [0.1, 0.15) is 5.56 Å². The Morgan fingerprint density at radius 3 is 2.73 bits per heavy atom. The number of carbonyl (C=O) groups is 1. The first-order valence-corrected chi connectivity index (χ1v) is 7.56. The van der Waals surface area contributed by atoms with Gasteiger partial charge in [-0.05, 0) is 30.3 Å². The number of hydrogen-bond acceptors (Lipinski definition) is 4. The third kappa shape index (κ3) is 3.99. The van der Waals surface area contributed by atoms with Crippen LogP contribution in [0.2, 0.25) is 0 Å². The summed E-state index contributed by atoms with van der Waals surface area (Å²) in [6, 6.07) is 12.6. The maximum absolute atomic E-state index is 13.3. The molecule has 0 bridgehead atoms. The van der Waals surface area contributed by atoms with E-state index in [1.54, 1.807) is 23.2 Å². The molecular weight excluding hydrogens is 339 g/mol. The van der Waals surface area contributed by atoms with Crippen molar-refractivity contribution in [2.24, 2.45) is 0 Å². The second-order valence-corrected chi connectivity index (χ2v) is 5.30. The van der Waals surface area contributed by atoms with Gasteiger partial charge >= 0.3 is 5.69 Å². The van der Waals surface area contributed by atoms with Crippen molar-refractivity contribution in [2.75, 3.05) is 5.32 Å². The summed E-state index contributed by atoms with van der Waals surface area (Å²) in [6.07, 6.45) is 6.17. The van der Waals surface area contributed by atoms with Gasteiger partial charge < -0.3 is 5.32 Å². The molecule has 7 nitrogen and oxygen atoms in total. The minimum absolute atomic E-state index is 0.132. The standard InChI is InChI=1S/C18H13FN4O3/c19-16-8-7-14(10-17(16)23(25)26)21-18(24)9-6-13-11-20-22(12-13)15-4-2-1-3-5-15/h1-12H,(H,21,24)/b9-6+. The number of aromatic nitrogens is 2. The lowest BCUT2D eigenvalue weighted by atomic mass is 10.2. The normalized spacial score (nSPS) is 10.8. The highest BCUT2D eigenvalue weighted by atomic mass is 19.1. The van der Waals surface area contributed by atoms with Crippen molar-refractivity contribution >= 4 is 23.4 Å².